The van der Waals surface area contributed by atoms with Gasteiger partial charge in [-0.2, -0.15) is 0 Å². The number of benzene rings is 1. The number of fused-ring (bicyclic) bond motifs is 1. The van der Waals surface area contributed by atoms with E-state index in [2.05, 4.69) is 0 Å². The average Bonchev–Trinajstić information content (AvgIpc) is 2.25. The van der Waals surface area contributed by atoms with Crippen molar-refractivity contribution in [3.8, 4) is 11.5 Å². The fourth-order valence-corrected chi connectivity index (χ4v) is 1.95. The third-order valence-electron chi connectivity index (χ3n) is 3.00. The second-order valence-corrected chi connectivity index (χ2v) is 4.58. The molecule has 0 saturated carbocycles. The van der Waals surface area contributed by atoms with Crippen molar-refractivity contribution in [2.45, 2.75) is 31.6 Å². The molecule has 1 aromatic carbocycles. The summed E-state index contributed by atoms with van der Waals surface area (Å²) >= 11 is 0. The summed E-state index contributed by atoms with van der Waals surface area (Å²) in [6.45, 7) is 3.65. The van der Waals surface area contributed by atoms with E-state index in [4.69, 9.17) is 15.2 Å². The van der Waals surface area contributed by atoms with E-state index in [-0.39, 0.29) is 0 Å². The van der Waals surface area contributed by atoms with Gasteiger partial charge in [0, 0.05) is 5.56 Å². The van der Waals surface area contributed by atoms with E-state index < -0.39 is 17.7 Å². The Morgan fingerprint density at radius 1 is 1.44 bits per heavy atom. The highest BCUT2D eigenvalue weighted by Crippen LogP contribution is 2.39. The molecule has 88 valence electrons. The van der Waals surface area contributed by atoms with Crippen molar-refractivity contribution in [2.75, 3.05) is 7.11 Å². The maximum Gasteiger partial charge on any atom is 0.131 e. The Morgan fingerprint density at radius 3 is 2.75 bits per heavy atom. The van der Waals surface area contributed by atoms with E-state index in [1.54, 1.807) is 13.2 Å². The van der Waals surface area contributed by atoms with Gasteiger partial charge in [-0.3, -0.25) is 0 Å². The van der Waals surface area contributed by atoms with Crippen molar-refractivity contribution < 1.29 is 14.6 Å². The van der Waals surface area contributed by atoms with Gasteiger partial charge < -0.3 is 20.3 Å². The molecule has 0 aliphatic carbocycles. The molecule has 4 nitrogen and oxygen atoms in total. The molecule has 4 heteroatoms. The highest BCUT2D eigenvalue weighted by Gasteiger charge is 2.41. The zero-order valence-electron chi connectivity index (χ0n) is 9.73. The highest BCUT2D eigenvalue weighted by molar-refractivity contribution is 5.45. The molecule has 2 atom stereocenters. The first-order valence-corrected chi connectivity index (χ1v) is 5.26. The monoisotopic (exact) mass is 223 g/mol. The van der Waals surface area contributed by atoms with Crippen LogP contribution in [0, 0.1) is 0 Å². The summed E-state index contributed by atoms with van der Waals surface area (Å²) in [5.41, 5.74) is 6.12. The third kappa shape index (κ3) is 1.64. The van der Waals surface area contributed by atoms with Crippen LogP contribution in [0.4, 0.5) is 0 Å². The molecule has 0 fully saturated rings. The van der Waals surface area contributed by atoms with Gasteiger partial charge in [-0.15, -0.1) is 0 Å². The van der Waals surface area contributed by atoms with Crippen LogP contribution in [-0.2, 0) is 0 Å². The van der Waals surface area contributed by atoms with Gasteiger partial charge in [-0.05, 0) is 32.0 Å². The van der Waals surface area contributed by atoms with Crippen LogP contribution in [0.25, 0.3) is 0 Å². The molecule has 3 N–H and O–H groups in total. The van der Waals surface area contributed by atoms with E-state index in [0.717, 1.165) is 5.56 Å². The van der Waals surface area contributed by atoms with Crippen LogP contribution in [0.1, 0.15) is 25.5 Å². The molecule has 1 heterocycles. The minimum absolute atomic E-state index is 0.450. The van der Waals surface area contributed by atoms with Gasteiger partial charge in [-0.1, -0.05) is 0 Å². The van der Waals surface area contributed by atoms with Crippen LogP contribution in [0.3, 0.4) is 0 Å². The van der Waals surface area contributed by atoms with E-state index in [9.17, 15) is 5.11 Å². The van der Waals surface area contributed by atoms with Gasteiger partial charge >= 0.3 is 0 Å². The first kappa shape index (κ1) is 11.2. The van der Waals surface area contributed by atoms with Gasteiger partial charge in [0.05, 0.1) is 13.2 Å². The van der Waals surface area contributed by atoms with Crippen molar-refractivity contribution in [3.63, 3.8) is 0 Å². The van der Waals surface area contributed by atoms with Crippen molar-refractivity contribution in [3.05, 3.63) is 23.8 Å². The lowest BCUT2D eigenvalue weighted by molar-refractivity contribution is -0.0572. The molecule has 16 heavy (non-hydrogen) atoms. The number of rotatable bonds is 1. The Morgan fingerprint density at radius 2 is 2.12 bits per heavy atom. The number of nitrogens with two attached hydrogens (primary N) is 1. The van der Waals surface area contributed by atoms with Crippen LogP contribution in [0.15, 0.2) is 18.2 Å². The lowest BCUT2D eigenvalue weighted by Gasteiger charge is -2.40. The minimum atomic E-state index is -0.730. The number of ether oxygens (including phenoxy) is 2. The van der Waals surface area contributed by atoms with E-state index in [0.29, 0.717) is 11.5 Å². The summed E-state index contributed by atoms with van der Waals surface area (Å²) in [6, 6.07) is 4.99. The Hall–Kier alpha value is -1.26. The lowest BCUT2D eigenvalue weighted by Crippen LogP contribution is -2.51. The smallest absolute Gasteiger partial charge is 0.131 e. The first-order valence-electron chi connectivity index (χ1n) is 5.26. The van der Waals surface area contributed by atoms with Crippen LogP contribution in [0.2, 0.25) is 0 Å². The Balaban J connectivity index is 2.47. The Labute approximate surface area is 95.0 Å². The number of methoxy groups -OCH3 is 1. The molecular weight excluding hydrogens is 206 g/mol. The summed E-state index contributed by atoms with van der Waals surface area (Å²) in [5.74, 6) is 1.42. The predicted octanol–water partition coefficient (Wildman–Crippen LogP) is 1.23. The Kier molecular flexibility index (Phi) is 2.56. The zero-order chi connectivity index (χ0) is 11.9. The summed E-state index contributed by atoms with van der Waals surface area (Å²) in [6.07, 6.45) is -0.730. The summed E-state index contributed by atoms with van der Waals surface area (Å²) in [5, 5.41) is 10.0. The molecule has 0 radical (unpaired) electrons. The molecule has 0 saturated heterocycles. The van der Waals surface area contributed by atoms with E-state index in [1.807, 2.05) is 26.0 Å². The predicted molar refractivity (Wildman–Crippen MR) is 60.6 cm³/mol. The standard InChI is InChI=1S/C12H17NO3/c1-12(2)11(14)10(13)8-6-7(15-3)4-5-9(8)16-12/h4-6,10-11,14H,13H2,1-3H3. The van der Waals surface area contributed by atoms with Crippen molar-refractivity contribution >= 4 is 0 Å². The van der Waals surface area contributed by atoms with Gasteiger partial charge in [0.15, 0.2) is 0 Å². The summed E-state index contributed by atoms with van der Waals surface area (Å²) < 4.78 is 10.8. The second-order valence-electron chi connectivity index (χ2n) is 4.58. The summed E-state index contributed by atoms with van der Waals surface area (Å²) in [4.78, 5) is 0. The van der Waals surface area contributed by atoms with Crippen LogP contribution in [-0.4, -0.2) is 23.9 Å². The van der Waals surface area contributed by atoms with Crippen molar-refractivity contribution in [1.82, 2.24) is 0 Å². The average molecular weight is 223 g/mol. The van der Waals surface area contributed by atoms with E-state index >= 15 is 0 Å². The maximum absolute atomic E-state index is 10.0. The Bertz CT molecular complexity index is 403. The fraction of sp³-hybridized carbons (Fsp3) is 0.500. The summed E-state index contributed by atoms with van der Waals surface area (Å²) in [7, 11) is 1.59. The SMILES string of the molecule is COc1ccc2c(c1)C(N)C(O)C(C)(C)O2. The largest absolute Gasteiger partial charge is 0.497 e. The molecule has 1 aromatic rings. The number of hydrogen-bond donors (Lipinski definition) is 2. The van der Waals surface area contributed by atoms with Gasteiger partial charge in [0.25, 0.3) is 0 Å². The van der Waals surface area contributed by atoms with Crippen molar-refractivity contribution in [2.24, 2.45) is 5.73 Å². The maximum atomic E-state index is 10.0. The third-order valence-corrected chi connectivity index (χ3v) is 3.00. The molecule has 1 aliphatic heterocycles. The topological polar surface area (TPSA) is 64.7 Å². The van der Waals surface area contributed by atoms with Crippen LogP contribution in [0.5, 0.6) is 11.5 Å². The molecule has 0 amide bonds. The first-order chi connectivity index (χ1) is 7.45. The highest BCUT2D eigenvalue weighted by atomic mass is 16.5. The molecule has 1 aliphatic rings. The number of aliphatic hydroxyl groups excluding tert-OH is 1. The van der Waals surface area contributed by atoms with Crippen molar-refractivity contribution in [1.29, 1.82) is 0 Å². The molecular formula is C12H17NO3. The van der Waals surface area contributed by atoms with Gasteiger partial charge in [-0.25, -0.2) is 0 Å². The number of hydrogen-bond acceptors (Lipinski definition) is 4. The molecule has 2 rings (SSSR count). The minimum Gasteiger partial charge on any atom is -0.497 e. The van der Waals surface area contributed by atoms with Gasteiger partial charge in [0.1, 0.15) is 23.2 Å². The number of aliphatic hydroxyl groups is 1. The van der Waals surface area contributed by atoms with Crippen LogP contribution >= 0.6 is 0 Å². The molecule has 2 unspecified atom stereocenters. The molecule has 0 spiro atoms. The second kappa shape index (κ2) is 3.64. The fourth-order valence-electron chi connectivity index (χ4n) is 1.95. The lowest BCUT2D eigenvalue weighted by atomic mass is 9.87. The zero-order valence-corrected chi connectivity index (χ0v) is 9.73. The quantitative estimate of drug-likeness (QED) is 0.751. The van der Waals surface area contributed by atoms with E-state index in [1.165, 1.54) is 0 Å². The van der Waals surface area contributed by atoms with Crippen LogP contribution < -0.4 is 15.2 Å². The molecule has 0 bridgehead atoms. The van der Waals surface area contributed by atoms with Gasteiger partial charge in [0.2, 0.25) is 0 Å². The molecule has 0 aromatic heterocycles. The normalized spacial score (nSPS) is 26.8.